The average molecular weight is 335 g/mol. The molecule has 0 amide bonds. The zero-order chi connectivity index (χ0) is 14.7. The van der Waals surface area contributed by atoms with Crippen LogP contribution in [0.5, 0.6) is 5.75 Å². The quantitative estimate of drug-likeness (QED) is 0.904. The molecular formula is C16H15BrO3. The summed E-state index contributed by atoms with van der Waals surface area (Å²) < 4.78 is 6.47. The first-order valence-electron chi connectivity index (χ1n) is 6.19. The van der Waals surface area contributed by atoms with Crippen LogP contribution < -0.4 is 4.74 Å². The fourth-order valence-corrected chi connectivity index (χ4v) is 2.26. The lowest BCUT2D eigenvalue weighted by Gasteiger charge is -2.10. The van der Waals surface area contributed by atoms with Crippen LogP contribution in [0, 0.1) is 13.8 Å². The number of hydrogen-bond donors (Lipinski definition) is 1. The van der Waals surface area contributed by atoms with Crippen molar-refractivity contribution in [3.05, 3.63) is 63.1 Å². The van der Waals surface area contributed by atoms with Gasteiger partial charge in [0, 0.05) is 10.0 Å². The first-order valence-corrected chi connectivity index (χ1v) is 6.98. The Kier molecular flexibility index (Phi) is 4.45. The van der Waals surface area contributed by atoms with Crippen LogP contribution in [-0.4, -0.2) is 11.1 Å². The molecule has 0 aliphatic heterocycles. The Morgan fingerprint density at radius 1 is 1.15 bits per heavy atom. The van der Waals surface area contributed by atoms with Gasteiger partial charge in [0.25, 0.3) is 0 Å². The molecule has 2 aromatic carbocycles. The fourth-order valence-electron chi connectivity index (χ4n) is 1.76. The van der Waals surface area contributed by atoms with Crippen LogP contribution in [0.25, 0.3) is 0 Å². The summed E-state index contributed by atoms with van der Waals surface area (Å²) in [7, 11) is 0. The van der Waals surface area contributed by atoms with E-state index in [0.717, 1.165) is 15.8 Å². The van der Waals surface area contributed by atoms with Gasteiger partial charge in [0.05, 0.1) is 5.56 Å². The lowest BCUT2D eigenvalue weighted by Crippen LogP contribution is -2.00. The normalized spacial score (nSPS) is 10.3. The number of hydrogen-bond acceptors (Lipinski definition) is 2. The molecule has 0 bridgehead atoms. The number of carboxylic acids is 1. The van der Waals surface area contributed by atoms with E-state index in [4.69, 9.17) is 9.84 Å². The summed E-state index contributed by atoms with van der Waals surface area (Å²) in [5.74, 6) is -0.130. The number of rotatable bonds is 4. The molecule has 0 fully saturated rings. The highest BCUT2D eigenvalue weighted by Crippen LogP contribution is 2.22. The predicted octanol–water partition coefficient (Wildman–Crippen LogP) is 4.34. The molecule has 20 heavy (non-hydrogen) atoms. The third-order valence-electron chi connectivity index (χ3n) is 3.17. The average Bonchev–Trinajstić information content (AvgIpc) is 2.41. The van der Waals surface area contributed by atoms with Gasteiger partial charge in [0.15, 0.2) is 0 Å². The van der Waals surface area contributed by atoms with Crippen molar-refractivity contribution < 1.29 is 14.6 Å². The van der Waals surface area contributed by atoms with Crippen molar-refractivity contribution in [2.24, 2.45) is 0 Å². The van der Waals surface area contributed by atoms with Gasteiger partial charge in [-0.15, -0.1) is 0 Å². The number of aryl methyl sites for hydroxylation is 2. The van der Waals surface area contributed by atoms with Crippen molar-refractivity contribution >= 4 is 21.9 Å². The van der Waals surface area contributed by atoms with Crippen molar-refractivity contribution in [1.82, 2.24) is 0 Å². The summed E-state index contributed by atoms with van der Waals surface area (Å²) >= 11 is 3.37. The Hall–Kier alpha value is -1.81. The summed E-state index contributed by atoms with van der Waals surface area (Å²) in [6.07, 6.45) is 0. The molecule has 1 N–H and O–H groups in total. The summed E-state index contributed by atoms with van der Waals surface area (Å²) in [6.45, 7) is 4.49. The molecule has 0 aromatic heterocycles. The highest BCUT2D eigenvalue weighted by atomic mass is 79.9. The molecule has 0 spiro atoms. The number of ether oxygens (including phenoxy) is 1. The largest absolute Gasteiger partial charge is 0.489 e. The zero-order valence-corrected chi connectivity index (χ0v) is 12.9. The number of halogens is 1. The second-order valence-corrected chi connectivity index (χ2v) is 5.50. The molecule has 0 unspecified atom stereocenters. The van der Waals surface area contributed by atoms with Crippen molar-refractivity contribution in [1.29, 1.82) is 0 Å². The van der Waals surface area contributed by atoms with Gasteiger partial charge in [-0.1, -0.05) is 28.1 Å². The van der Waals surface area contributed by atoms with Crippen LogP contribution >= 0.6 is 15.9 Å². The second-order valence-electron chi connectivity index (χ2n) is 4.65. The van der Waals surface area contributed by atoms with Crippen molar-refractivity contribution in [2.45, 2.75) is 20.5 Å². The van der Waals surface area contributed by atoms with E-state index < -0.39 is 5.97 Å². The Labute approximate surface area is 126 Å². The molecule has 4 heteroatoms. The van der Waals surface area contributed by atoms with Gasteiger partial charge in [-0.2, -0.15) is 0 Å². The van der Waals surface area contributed by atoms with E-state index in [1.807, 2.05) is 25.1 Å². The van der Waals surface area contributed by atoms with Crippen LogP contribution in [0.3, 0.4) is 0 Å². The zero-order valence-electron chi connectivity index (χ0n) is 11.3. The molecule has 0 saturated carbocycles. The molecule has 0 aliphatic rings. The van der Waals surface area contributed by atoms with E-state index in [0.29, 0.717) is 6.61 Å². The predicted molar refractivity (Wildman–Crippen MR) is 81.3 cm³/mol. The van der Waals surface area contributed by atoms with Crippen molar-refractivity contribution in [3.8, 4) is 5.75 Å². The summed E-state index contributed by atoms with van der Waals surface area (Å²) in [5, 5.41) is 8.91. The second kappa shape index (κ2) is 6.09. The molecule has 3 nitrogen and oxygen atoms in total. The summed E-state index contributed by atoms with van der Waals surface area (Å²) in [6, 6.07) is 10.9. The minimum absolute atomic E-state index is 0.256. The van der Waals surface area contributed by atoms with Gasteiger partial charge >= 0.3 is 5.97 Å². The maximum atomic E-state index is 10.9. The molecule has 0 heterocycles. The van der Waals surface area contributed by atoms with E-state index >= 15 is 0 Å². The third kappa shape index (κ3) is 3.39. The van der Waals surface area contributed by atoms with Crippen LogP contribution in [0.15, 0.2) is 40.9 Å². The van der Waals surface area contributed by atoms with Crippen LogP contribution in [0.2, 0.25) is 0 Å². The first kappa shape index (κ1) is 14.6. The highest BCUT2D eigenvalue weighted by Gasteiger charge is 2.07. The Balaban J connectivity index is 2.10. The van der Waals surface area contributed by atoms with Gasteiger partial charge in [-0.25, -0.2) is 4.79 Å². The van der Waals surface area contributed by atoms with Crippen molar-refractivity contribution in [2.75, 3.05) is 0 Å². The van der Waals surface area contributed by atoms with E-state index in [9.17, 15) is 4.79 Å². The maximum absolute atomic E-state index is 10.9. The van der Waals surface area contributed by atoms with Crippen LogP contribution in [0.4, 0.5) is 0 Å². The molecule has 2 rings (SSSR count). The summed E-state index contributed by atoms with van der Waals surface area (Å²) in [4.78, 5) is 10.9. The molecule has 0 saturated heterocycles. The van der Waals surface area contributed by atoms with Crippen LogP contribution in [0.1, 0.15) is 27.0 Å². The lowest BCUT2D eigenvalue weighted by atomic mass is 10.1. The van der Waals surface area contributed by atoms with Gasteiger partial charge < -0.3 is 9.84 Å². The topological polar surface area (TPSA) is 46.5 Å². The van der Waals surface area contributed by atoms with E-state index in [1.54, 1.807) is 18.2 Å². The monoisotopic (exact) mass is 334 g/mol. The van der Waals surface area contributed by atoms with Gasteiger partial charge in [-0.3, -0.25) is 0 Å². The van der Waals surface area contributed by atoms with Gasteiger partial charge in [0.2, 0.25) is 0 Å². The molecule has 0 radical (unpaired) electrons. The fraction of sp³-hybridized carbons (Fsp3) is 0.188. The van der Waals surface area contributed by atoms with Gasteiger partial charge in [-0.05, 0) is 49.2 Å². The highest BCUT2D eigenvalue weighted by molar-refractivity contribution is 9.10. The smallest absolute Gasteiger partial charge is 0.335 e. The number of aromatic carboxylic acids is 1. The van der Waals surface area contributed by atoms with E-state index in [2.05, 4.69) is 22.9 Å². The molecule has 0 aliphatic carbocycles. The standard InChI is InChI=1S/C16H15BrO3/c1-10-3-6-14(7-11(10)2)20-9-13-5-4-12(16(18)19)8-15(13)17/h3-8H,9H2,1-2H3,(H,18,19). The number of carboxylic acid groups (broad SMARTS) is 1. The molecule has 2 aromatic rings. The Bertz CT molecular complexity index is 650. The lowest BCUT2D eigenvalue weighted by molar-refractivity contribution is 0.0696. The minimum Gasteiger partial charge on any atom is -0.489 e. The molecule has 104 valence electrons. The molecular weight excluding hydrogens is 320 g/mol. The van der Waals surface area contributed by atoms with E-state index in [-0.39, 0.29) is 5.56 Å². The van der Waals surface area contributed by atoms with Crippen molar-refractivity contribution in [3.63, 3.8) is 0 Å². The maximum Gasteiger partial charge on any atom is 0.335 e. The van der Waals surface area contributed by atoms with Crippen LogP contribution in [-0.2, 0) is 6.61 Å². The van der Waals surface area contributed by atoms with Gasteiger partial charge in [0.1, 0.15) is 12.4 Å². The Morgan fingerprint density at radius 3 is 2.50 bits per heavy atom. The SMILES string of the molecule is Cc1ccc(OCc2ccc(C(=O)O)cc2Br)cc1C. The number of benzene rings is 2. The molecule has 0 atom stereocenters. The van der Waals surface area contributed by atoms with E-state index in [1.165, 1.54) is 11.1 Å². The first-order chi connectivity index (χ1) is 9.47. The number of carbonyl (C=O) groups is 1. The third-order valence-corrected chi connectivity index (χ3v) is 3.91. The Morgan fingerprint density at radius 2 is 1.90 bits per heavy atom. The summed E-state index contributed by atoms with van der Waals surface area (Å²) in [5.41, 5.74) is 3.58. The minimum atomic E-state index is -0.938.